The average molecular weight is 344 g/mol. The maximum absolute atomic E-state index is 10.4. The Morgan fingerprint density at radius 3 is 1.60 bits per heavy atom. The molecule has 0 fully saturated rings. The SMILES string of the molecule is NCCCCC(N)C(=O)O.O=P(O)(O)F.O=P(O)(O)O. The molecule has 0 saturated carbocycles. The Morgan fingerprint density at radius 2 is 1.40 bits per heavy atom. The van der Waals surface area contributed by atoms with Crippen LogP contribution in [0.2, 0.25) is 0 Å². The molecule has 0 aliphatic carbocycles. The Bertz CT molecular complexity index is 307. The third kappa shape index (κ3) is 65.6. The van der Waals surface area contributed by atoms with Gasteiger partial charge in [-0.3, -0.25) is 14.6 Å². The lowest BCUT2D eigenvalue weighted by atomic mass is 10.1. The number of carbonyl (C=O) groups is 1. The van der Waals surface area contributed by atoms with Crippen molar-refractivity contribution in [3.05, 3.63) is 0 Å². The van der Waals surface area contributed by atoms with Gasteiger partial charge in [0.05, 0.1) is 0 Å². The fourth-order valence-electron chi connectivity index (χ4n) is 0.632. The van der Waals surface area contributed by atoms with Gasteiger partial charge in [0, 0.05) is 0 Å². The summed E-state index contributed by atoms with van der Waals surface area (Å²) in [5.74, 6) is -0.933. The standard InChI is InChI=1S/C6H14N2O2.FH2O3P.H3O4P/c7-4-2-1-3-5(8)6(9)10;2*1-5(2,3)4/h5H,1-4,7-8H2,(H,9,10);(H2,2,3,4);(H3,1,2,3,4). The quantitative estimate of drug-likeness (QED) is 0.215. The van der Waals surface area contributed by atoms with Crippen LogP contribution in [0.4, 0.5) is 4.20 Å². The Balaban J connectivity index is -0.000000244. The second-order valence-corrected chi connectivity index (χ2v) is 5.19. The zero-order chi connectivity index (χ0) is 17.0. The molecule has 0 amide bonds. The Morgan fingerprint density at radius 1 is 1.10 bits per heavy atom. The summed E-state index contributed by atoms with van der Waals surface area (Å²) in [4.78, 5) is 45.6. The van der Waals surface area contributed by atoms with E-state index in [0.29, 0.717) is 13.0 Å². The lowest BCUT2D eigenvalue weighted by Crippen LogP contribution is -2.29. The van der Waals surface area contributed by atoms with Gasteiger partial charge in [0.2, 0.25) is 0 Å². The lowest BCUT2D eigenvalue weighted by molar-refractivity contribution is -0.138. The zero-order valence-electron chi connectivity index (χ0n) is 10.2. The van der Waals surface area contributed by atoms with Gasteiger partial charge >= 0.3 is 21.7 Å². The number of hydrogen-bond acceptors (Lipinski definition) is 5. The molecule has 0 bridgehead atoms. The molecule has 124 valence electrons. The van der Waals surface area contributed by atoms with Crippen LogP contribution >= 0.6 is 15.7 Å². The highest BCUT2D eigenvalue weighted by Gasteiger charge is 2.09. The van der Waals surface area contributed by atoms with Crippen LogP contribution < -0.4 is 11.5 Å². The molecule has 0 radical (unpaired) electrons. The third-order valence-electron chi connectivity index (χ3n) is 1.29. The molecule has 0 aromatic heterocycles. The minimum absolute atomic E-state index is 0.520. The zero-order valence-corrected chi connectivity index (χ0v) is 12.0. The summed E-state index contributed by atoms with van der Waals surface area (Å²) in [5.41, 5.74) is 10.4. The minimum Gasteiger partial charge on any atom is -0.480 e. The van der Waals surface area contributed by atoms with E-state index in [-0.39, 0.29) is 0 Å². The fourth-order valence-corrected chi connectivity index (χ4v) is 0.632. The summed E-state index contributed by atoms with van der Waals surface area (Å²) < 4.78 is 27.9. The van der Waals surface area contributed by atoms with E-state index < -0.39 is 27.7 Å². The van der Waals surface area contributed by atoms with Gasteiger partial charge in [0.15, 0.2) is 0 Å². The number of halogens is 1. The van der Waals surface area contributed by atoms with E-state index in [9.17, 15) is 8.99 Å². The van der Waals surface area contributed by atoms with Crippen molar-refractivity contribution in [2.75, 3.05) is 6.54 Å². The molecule has 14 heteroatoms. The van der Waals surface area contributed by atoms with Crippen molar-refractivity contribution in [2.24, 2.45) is 11.5 Å². The van der Waals surface area contributed by atoms with E-state index in [4.69, 9.17) is 50.2 Å². The summed E-state index contributed by atoms with van der Waals surface area (Å²) in [6, 6.07) is -0.716. The predicted molar refractivity (Wildman–Crippen MR) is 65.9 cm³/mol. The molecular formula is C6H19FN2O9P2. The summed E-state index contributed by atoms with van der Waals surface area (Å²) >= 11 is 0. The maximum atomic E-state index is 10.4. The van der Waals surface area contributed by atoms with Crippen LogP contribution in [0.5, 0.6) is 0 Å². The smallest absolute Gasteiger partial charge is 0.480 e. The van der Waals surface area contributed by atoms with E-state index in [2.05, 4.69) is 0 Å². The van der Waals surface area contributed by atoms with Crippen molar-refractivity contribution in [2.45, 2.75) is 25.3 Å². The minimum atomic E-state index is -5.14. The van der Waals surface area contributed by atoms with Crippen LogP contribution in [0.15, 0.2) is 0 Å². The van der Waals surface area contributed by atoms with Gasteiger partial charge in [-0.15, -0.1) is 4.20 Å². The van der Waals surface area contributed by atoms with Crippen LogP contribution in [0.1, 0.15) is 19.3 Å². The van der Waals surface area contributed by atoms with Crippen molar-refractivity contribution in [3.63, 3.8) is 0 Å². The van der Waals surface area contributed by atoms with Crippen molar-refractivity contribution >= 4 is 21.7 Å². The number of hydrogen-bond donors (Lipinski definition) is 8. The topological polar surface area (TPSA) is 225 Å². The molecule has 0 saturated heterocycles. The van der Waals surface area contributed by atoms with E-state index in [1.807, 2.05) is 0 Å². The molecular weight excluding hydrogens is 325 g/mol. The van der Waals surface area contributed by atoms with Crippen molar-refractivity contribution in [3.8, 4) is 0 Å². The molecule has 0 heterocycles. The number of unbranched alkanes of at least 4 members (excludes halogenated alkanes) is 1. The van der Waals surface area contributed by atoms with Crippen LogP contribution in [-0.2, 0) is 13.9 Å². The normalized spacial score (nSPS) is 12.4. The number of phosphoric acid groups is 1. The molecule has 0 aromatic carbocycles. The monoisotopic (exact) mass is 344 g/mol. The highest BCUT2D eigenvalue weighted by molar-refractivity contribution is 7.45. The third-order valence-corrected chi connectivity index (χ3v) is 1.29. The van der Waals surface area contributed by atoms with Gasteiger partial charge in [-0.1, -0.05) is 6.42 Å². The number of aliphatic carboxylic acids is 1. The van der Waals surface area contributed by atoms with Gasteiger partial charge in [-0.25, -0.2) is 9.13 Å². The number of carboxylic acid groups (broad SMARTS) is 1. The number of nitrogens with two attached hydrogens (primary N) is 2. The lowest BCUT2D eigenvalue weighted by Gasteiger charge is -2.03. The molecule has 1 atom stereocenters. The summed E-state index contributed by atoms with van der Waals surface area (Å²) in [6.07, 6.45) is 2.16. The second kappa shape index (κ2) is 12.3. The van der Waals surface area contributed by atoms with E-state index in [1.165, 1.54) is 0 Å². The molecule has 0 aromatic rings. The fraction of sp³-hybridized carbons (Fsp3) is 0.833. The second-order valence-electron chi connectivity index (χ2n) is 3.22. The number of rotatable bonds is 5. The van der Waals surface area contributed by atoms with E-state index in [1.54, 1.807) is 0 Å². The average Bonchev–Trinajstić information content (AvgIpc) is 2.12. The largest absolute Gasteiger partial charge is 0.507 e. The van der Waals surface area contributed by atoms with Crippen molar-refractivity contribution < 1.29 is 47.7 Å². The van der Waals surface area contributed by atoms with Crippen molar-refractivity contribution in [1.82, 2.24) is 0 Å². The van der Waals surface area contributed by atoms with Crippen molar-refractivity contribution in [1.29, 1.82) is 0 Å². The first-order valence-electron chi connectivity index (χ1n) is 4.90. The summed E-state index contributed by atoms with van der Waals surface area (Å²) in [7, 11) is -9.78. The van der Waals surface area contributed by atoms with Crippen LogP contribution in [0.3, 0.4) is 0 Å². The molecule has 11 nitrogen and oxygen atoms in total. The van der Waals surface area contributed by atoms with Gasteiger partial charge in [0.25, 0.3) is 0 Å². The first-order valence-corrected chi connectivity index (χ1v) is 7.97. The first kappa shape index (κ1) is 24.6. The maximum Gasteiger partial charge on any atom is 0.507 e. The molecule has 0 aliphatic heterocycles. The molecule has 1 unspecified atom stereocenters. The van der Waals surface area contributed by atoms with Gasteiger partial charge < -0.3 is 31.3 Å². The number of carboxylic acids is 1. The molecule has 0 rings (SSSR count). The van der Waals surface area contributed by atoms with E-state index >= 15 is 0 Å². The van der Waals surface area contributed by atoms with Crippen LogP contribution in [0, 0.1) is 0 Å². The first-order chi connectivity index (χ1) is 8.68. The molecule has 20 heavy (non-hydrogen) atoms. The highest BCUT2D eigenvalue weighted by Crippen LogP contribution is 2.35. The molecule has 0 aliphatic rings. The predicted octanol–water partition coefficient (Wildman–Crippen LogP) is -1.35. The summed E-state index contributed by atoms with van der Waals surface area (Å²) in [6.45, 7) is 0.604. The van der Waals surface area contributed by atoms with Gasteiger partial charge in [0.1, 0.15) is 6.04 Å². The highest BCUT2D eigenvalue weighted by atomic mass is 31.2. The Kier molecular flexibility index (Phi) is 15.2. The van der Waals surface area contributed by atoms with E-state index in [0.717, 1.165) is 12.8 Å². The Hall–Kier alpha value is -0.420. The van der Waals surface area contributed by atoms with Crippen LogP contribution in [0.25, 0.3) is 0 Å². The summed E-state index contributed by atoms with van der Waals surface area (Å²) in [5, 5.41) is 8.33. The van der Waals surface area contributed by atoms with Gasteiger partial charge in [-0.05, 0) is 19.4 Å². The van der Waals surface area contributed by atoms with Gasteiger partial charge in [-0.2, -0.15) is 0 Å². The molecule has 0 spiro atoms. The molecule has 10 N–H and O–H groups in total. The van der Waals surface area contributed by atoms with Crippen LogP contribution in [-0.4, -0.2) is 48.1 Å². The Labute approximate surface area is 113 Å².